The second-order valence-corrected chi connectivity index (χ2v) is 14.8. The molecule has 4 aromatic rings. The number of aliphatic imine (C=N–C) groups is 1. The van der Waals surface area contributed by atoms with Crippen LogP contribution in [0.25, 0.3) is 27.6 Å². The molecular weight excluding hydrogens is 615 g/mol. The number of allylic oxidation sites excluding steroid dienone is 9. The molecule has 0 aromatic heterocycles. The van der Waals surface area contributed by atoms with Gasteiger partial charge in [-0.2, -0.15) is 0 Å². The van der Waals surface area contributed by atoms with Crippen LogP contribution in [0.15, 0.2) is 166 Å². The highest BCUT2D eigenvalue weighted by molar-refractivity contribution is 6.33. The van der Waals surface area contributed by atoms with E-state index in [-0.39, 0.29) is 47.3 Å². The number of piperidine rings is 1. The molecule has 5 heteroatoms. The van der Waals surface area contributed by atoms with Crippen LogP contribution in [0.1, 0.15) is 5.56 Å². The Morgan fingerprint density at radius 3 is 2.26 bits per heavy atom. The first-order valence-electron chi connectivity index (χ1n) is 17.6. The van der Waals surface area contributed by atoms with Crippen LogP contribution in [0.5, 0.6) is 0 Å². The summed E-state index contributed by atoms with van der Waals surface area (Å²) in [5.74, 6) is 0.892. The van der Waals surface area contributed by atoms with E-state index in [1.165, 1.54) is 27.9 Å². The summed E-state index contributed by atoms with van der Waals surface area (Å²) in [6, 6.07) is 25.1. The fraction of sp³-hybridized carbons (Fsp3) is 0.133. The van der Waals surface area contributed by atoms with Gasteiger partial charge >= 0.3 is 0 Å². The largest absolute Gasteiger partial charge is 0.280 e. The standard InChI is InChI=1S/C45H27N3O2/c49-44-31-19-15-27-28-16-20-32-42-30(43-46-33-10-2-6-23-8-4-12-35(38(23)33)48(43)45(32)50)18-14-26(40(28)42)25-13-17-29(41(31)39(25)27)36-21-24-9-1-5-22-7-3-11-34(37(22)24)47(36)44/h1-21,26,28,30-31,40-41H. The maximum atomic E-state index is 14.6. The number of benzene rings is 4. The van der Waals surface area contributed by atoms with Crippen LogP contribution in [0.2, 0.25) is 0 Å². The number of hydrogen-bond acceptors (Lipinski definition) is 3. The highest BCUT2D eigenvalue weighted by Gasteiger charge is 2.56. The predicted octanol–water partition coefficient (Wildman–Crippen LogP) is 8.66. The van der Waals surface area contributed by atoms with Gasteiger partial charge in [-0.25, -0.2) is 4.99 Å². The normalized spacial score (nSPS) is 29.7. The molecule has 0 spiro atoms. The summed E-state index contributed by atoms with van der Waals surface area (Å²) >= 11 is 0. The third kappa shape index (κ3) is 2.82. The van der Waals surface area contributed by atoms with E-state index in [9.17, 15) is 9.59 Å². The van der Waals surface area contributed by atoms with Gasteiger partial charge in [0.05, 0.1) is 34.6 Å². The van der Waals surface area contributed by atoms with E-state index >= 15 is 0 Å². The Bertz CT molecular complexity index is 2730. The average Bonchev–Trinajstić information content (AvgIpc) is 3.15. The van der Waals surface area contributed by atoms with E-state index in [4.69, 9.17) is 4.99 Å². The second kappa shape index (κ2) is 8.55. The van der Waals surface area contributed by atoms with E-state index in [1.807, 2.05) is 15.9 Å². The number of amidine groups is 1. The molecule has 2 amide bonds. The maximum Gasteiger partial charge on any atom is 0.263 e. The molecule has 9 aliphatic rings. The molecule has 4 heterocycles. The van der Waals surface area contributed by atoms with Crippen LogP contribution >= 0.6 is 0 Å². The van der Waals surface area contributed by atoms with Crippen molar-refractivity contribution >= 4 is 62.3 Å². The maximum absolute atomic E-state index is 14.6. The smallest absolute Gasteiger partial charge is 0.263 e. The van der Waals surface area contributed by atoms with Crippen LogP contribution in [0.3, 0.4) is 0 Å². The quantitative estimate of drug-likeness (QED) is 0.181. The molecule has 5 aliphatic carbocycles. The molecule has 13 rings (SSSR count). The molecule has 6 atom stereocenters. The molecule has 4 aromatic carbocycles. The van der Waals surface area contributed by atoms with Gasteiger partial charge in [-0.15, -0.1) is 0 Å². The molecule has 50 heavy (non-hydrogen) atoms. The van der Waals surface area contributed by atoms with Crippen LogP contribution in [0, 0.1) is 35.5 Å². The Kier molecular flexibility index (Phi) is 4.43. The zero-order chi connectivity index (χ0) is 32.6. The first-order valence-corrected chi connectivity index (χ1v) is 17.6. The predicted molar refractivity (Wildman–Crippen MR) is 197 cm³/mol. The first kappa shape index (κ1) is 25.9. The van der Waals surface area contributed by atoms with Crippen molar-refractivity contribution in [1.29, 1.82) is 0 Å². The van der Waals surface area contributed by atoms with Gasteiger partial charge in [0, 0.05) is 40.0 Å². The fourth-order valence-corrected chi connectivity index (χ4v) is 11.0. The van der Waals surface area contributed by atoms with E-state index in [0.717, 1.165) is 61.3 Å². The lowest BCUT2D eigenvalue weighted by Crippen LogP contribution is -2.53. The minimum absolute atomic E-state index is 0.0112. The van der Waals surface area contributed by atoms with Crippen molar-refractivity contribution in [3.05, 3.63) is 166 Å². The van der Waals surface area contributed by atoms with Crippen LogP contribution in [-0.4, -0.2) is 17.6 Å². The van der Waals surface area contributed by atoms with Crippen LogP contribution < -0.4 is 9.80 Å². The monoisotopic (exact) mass is 641 g/mol. The molecule has 1 fully saturated rings. The first-order chi connectivity index (χ1) is 24.7. The second-order valence-electron chi connectivity index (χ2n) is 14.8. The molecule has 1 saturated heterocycles. The van der Waals surface area contributed by atoms with Crippen molar-refractivity contribution in [2.45, 2.75) is 0 Å². The summed E-state index contributed by atoms with van der Waals surface area (Å²) in [6.45, 7) is 0. The number of fused-ring (bicyclic) bond motifs is 8. The Labute approximate surface area is 287 Å². The molecule has 0 saturated carbocycles. The Balaban J connectivity index is 0.999. The van der Waals surface area contributed by atoms with Gasteiger partial charge in [0.1, 0.15) is 5.84 Å². The van der Waals surface area contributed by atoms with Crippen LogP contribution in [0.4, 0.5) is 17.1 Å². The zero-order valence-electron chi connectivity index (χ0n) is 26.7. The summed E-state index contributed by atoms with van der Waals surface area (Å²) in [7, 11) is 0. The minimum Gasteiger partial charge on any atom is -0.280 e. The number of anilines is 2. The minimum atomic E-state index is -0.273. The third-order valence-corrected chi connectivity index (χ3v) is 12.8. The van der Waals surface area contributed by atoms with Crippen molar-refractivity contribution in [2.24, 2.45) is 40.5 Å². The highest BCUT2D eigenvalue weighted by atomic mass is 16.2. The lowest BCUT2D eigenvalue weighted by Gasteiger charge is -2.54. The summed E-state index contributed by atoms with van der Waals surface area (Å²) in [5, 5.41) is 4.41. The lowest BCUT2D eigenvalue weighted by molar-refractivity contribution is -0.122. The number of amides is 2. The number of nitrogens with zero attached hydrogens (tertiary/aromatic N) is 3. The Hall–Kier alpha value is -6.07. The molecule has 6 unspecified atom stereocenters. The fourth-order valence-electron chi connectivity index (χ4n) is 11.0. The van der Waals surface area contributed by atoms with Gasteiger partial charge in [-0.3, -0.25) is 19.4 Å². The number of carbonyl (C=O) groups excluding carboxylic acids is 2. The van der Waals surface area contributed by atoms with Gasteiger partial charge in [-0.05, 0) is 68.5 Å². The van der Waals surface area contributed by atoms with E-state index in [1.54, 1.807) is 0 Å². The Morgan fingerprint density at radius 2 is 1.40 bits per heavy atom. The molecule has 0 N–H and O–H groups in total. The molecule has 5 nitrogen and oxygen atoms in total. The third-order valence-electron chi connectivity index (χ3n) is 12.8. The van der Waals surface area contributed by atoms with Gasteiger partial charge in [0.25, 0.3) is 5.91 Å². The van der Waals surface area contributed by atoms with Crippen molar-refractivity contribution in [1.82, 2.24) is 0 Å². The van der Waals surface area contributed by atoms with E-state index in [2.05, 4.69) is 121 Å². The summed E-state index contributed by atoms with van der Waals surface area (Å²) in [4.78, 5) is 38.3. The van der Waals surface area contributed by atoms with Gasteiger partial charge in [0.15, 0.2) is 0 Å². The molecule has 0 bridgehead atoms. The van der Waals surface area contributed by atoms with Gasteiger partial charge < -0.3 is 0 Å². The zero-order valence-corrected chi connectivity index (χ0v) is 26.7. The summed E-state index contributed by atoms with van der Waals surface area (Å²) < 4.78 is 0. The van der Waals surface area contributed by atoms with Crippen LogP contribution in [-0.2, 0) is 9.59 Å². The molecule has 234 valence electrons. The molecule has 0 radical (unpaired) electrons. The number of carbonyl (C=O) groups is 2. The lowest BCUT2D eigenvalue weighted by atomic mass is 9.52. The summed E-state index contributed by atoms with van der Waals surface area (Å²) in [5.41, 5.74) is 12.1. The highest BCUT2D eigenvalue weighted by Crippen LogP contribution is 2.62. The molecular formula is C45H27N3O2. The molecule has 4 aliphatic heterocycles. The van der Waals surface area contributed by atoms with Crippen molar-refractivity contribution in [3.8, 4) is 0 Å². The van der Waals surface area contributed by atoms with Gasteiger partial charge in [0.2, 0.25) is 5.91 Å². The SMILES string of the molecule is O=C1C2C=CC3=C4C(=CC=C(C5=Cc6cccc7cccc(c67)N15)C42)C1C=CC2C4=Nc5cccc6cccc(c56)N4C(=O)C4=C2C1C3C=C4. The van der Waals surface area contributed by atoms with E-state index < -0.39 is 0 Å². The number of hydrogen-bond donors (Lipinski definition) is 0. The van der Waals surface area contributed by atoms with Crippen molar-refractivity contribution in [2.75, 3.05) is 9.80 Å². The van der Waals surface area contributed by atoms with E-state index in [0.29, 0.717) is 0 Å². The number of rotatable bonds is 0. The topological polar surface area (TPSA) is 53.0 Å². The summed E-state index contributed by atoms with van der Waals surface area (Å²) in [6.07, 6.45) is 20.3. The Morgan fingerprint density at radius 1 is 0.660 bits per heavy atom. The van der Waals surface area contributed by atoms with Crippen molar-refractivity contribution in [3.63, 3.8) is 0 Å². The average molecular weight is 642 g/mol. The van der Waals surface area contributed by atoms with Gasteiger partial charge in [-0.1, -0.05) is 103 Å². The van der Waals surface area contributed by atoms with Crippen molar-refractivity contribution < 1.29 is 9.59 Å².